The maximum atomic E-state index is 12.4. The first-order valence-electron chi connectivity index (χ1n) is 9.83. The molecule has 1 aromatic heterocycles. The van der Waals surface area contributed by atoms with Crippen molar-refractivity contribution in [1.29, 1.82) is 0 Å². The normalized spacial score (nSPS) is 10.7. The number of H-pyrrole nitrogens is 1. The molecular weight excluding hydrogens is 408 g/mol. The number of aryl methyl sites for hydroxylation is 1. The van der Waals surface area contributed by atoms with Crippen molar-refractivity contribution < 1.29 is 19.1 Å². The molecule has 4 aromatic rings. The number of ether oxygens (including phenoxy) is 1. The highest BCUT2D eigenvalue weighted by Crippen LogP contribution is 2.22. The number of nitrogens with zero attached hydrogens (tertiary/aromatic N) is 1. The molecule has 0 bridgehead atoms. The standard InChI is InChI=1S/C24H20N4O4/c1-14-2-4-16(5-3-14)23-27-19-11-8-17(12-20(19)28-23)24(31)32-13-21(29)26-18-9-6-15(7-10-18)22(25)30/h2-12H,13H2,1H3,(H2,25,30)(H,26,29)(H,27,28). The molecule has 160 valence electrons. The van der Waals surface area contributed by atoms with Crippen LogP contribution in [-0.4, -0.2) is 34.4 Å². The van der Waals surface area contributed by atoms with Crippen molar-refractivity contribution in [3.63, 3.8) is 0 Å². The molecule has 0 saturated carbocycles. The number of anilines is 1. The van der Waals surface area contributed by atoms with Gasteiger partial charge in [-0.1, -0.05) is 29.8 Å². The number of amides is 2. The molecule has 0 radical (unpaired) electrons. The van der Waals surface area contributed by atoms with E-state index in [1.807, 2.05) is 31.2 Å². The van der Waals surface area contributed by atoms with Crippen molar-refractivity contribution in [1.82, 2.24) is 9.97 Å². The fraction of sp³-hybridized carbons (Fsp3) is 0.0833. The second-order valence-corrected chi connectivity index (χ2v) is 7.25. The zero-order valence-electron chi connectivity index (χ0n) is 17.2. The van der Waals surface area contributed by atoms with Gasteiger partial charge >= 0.3 is 5.97 Å². The molecule has 0 aliphatic carbocycles. The summed E-state index contributed by atoms with van der Waals surface area (Å²) in [6.45, 7) is 1.56. The number of nitrogens with two attached hydrogens (primary N) is 1. The van der Waals surface area contributed by atoms with Crippen molar-refractivity contribution >= 4 is 34.5 Å². The fourth-order valence-corrected chi connectivity index (χ4v) is 3.11. The Morgan fingerprint density at radius 1 is 0.969 bits per heavy atom. The van der Waals surface area contributed by atoms with Crippen molar-refractivity contribution in [2.75, 3.05) is 11.9 Å². The summed E-state index contributed by atoms with van der Waals surface area (Å²) < 4.78 is 5.12. The predicted octanol–water partition coefficient (Wildman–Crippen LogP) is 3.43. The zero-order valence-corrected chi connectivity index (χ0v) is 17.2. The molecule has 0 saturated heterocycles. The van der Waals surface area contributed by atoms with Gasteiger partial charge in [0.1, 0.15) is 5.82 Å². The van der Waals surface area contributed by atoms with Crippen LogP contribution >= 0.6 is 0 Å². The van der Waals surface area contributed by atoms with Gasteiger partial charge in [0.05, 0.1) is 16.6 Å². The Morgan fingerprint density at radius 3 is 2.34 bits per heavy atom. The molecule has 8 heteroatoms. The van der Waals surface area contributed by atoms with Crippen LogP contribution in [0.5, 0.6) is 0 Å². The quantitative estimate of drug-likeness (QED) is 0.406. The number of imidazole rings is 1. The summed E-state index contributed by atoms with van der Waals surface area (Å²) in [5.74, 6) is -0.989. The van der Waals surface area contributed by atoms with E-state index < -0.39 is 24.4 Å². The van der Waals surface area contributed by atoms with Gasteiger partial charge in [-0.2, -0.15) is 0 Å². The van der Waals surface area contributed by atoms with E-state index in [1.54, 1.807) is 18.2 Å². The number of primary amides is 1. The molecule has 32 heavy (non-hydrogen) atoms. The molecule has 3 aromatic carbocycles. The fourth-order valence-electron chi connectivity index (χ4n) is 3.11. The number of carbonyl (C=O) groups is 3. The van der Waals surface area contributed by atoms with Crippen LogP contribution in [0.3, 0.4) is 0 Å². The van der Waals surface area contributed by atoms with Crippen LogP contribution in [0.25, 0.3) is 22.4 Å². The highest BCUT2D eigenvalue weighted by Gasteiger charge is 2.13. The van der Waals surface area contributed by atoms with E-state index in [1.165, 1.54) is 24.3 Å². The van der Waals surface area contributed by atoms with E-state index in [-0.39, 0.29) is 0 Å². The molecule has 0 aliphatic rings. The monoisotopic (exact) mass is 428 g/mol. The molecule has 1 heterocycles. The van der Waals surface area contributed by atoms with Crippen LogP contribution in [0, 0.1) is 6.92 Å². The van der Waals surface area contributed by atoms with Gasteiger partial charge < -0.3 is 20.8 Å². The highest BCUT2D eigenvalue weighted by molar-refractivity contribution is 5.98. The SMILES string of the molecule is Cc1ccc(-c2nc3ccc(C(=O)OCC(=O)Nc4ccc(C(N)=O)cc4)cc3[nH]2)cc1. The first-order chi connectivity index (χ1) is 15.4. The van der Waals surface area contributed by atoms with Crippen LogP contribution in [0.15, 0.2) is 66.7 Å². The molecule has 0 fully saturated rings. The molecule has 4 N–H and O–H groups in total. The van der Waals surface area contributed by atoms with Gasteiger partial charge in [0, 0.05) is 16.8 Å². The summed E-state index contributed by atoms with van der Waals surface area (Å²) in [6, 6.07) is 19.0. The number of aromatic amines is 1. The molecule has 0 unspecified atom stereocenters. The van der Waals surface area contributed by atoms with Crippen molar-refractivity contribution in [3.05, 3.63) is 83.4 Å². The van der Waals surface area contributed by atoms with Crippen molar-refractivity contribution in [3.8, 4) is 11.4 Å². The third-order valence-electron chi connectivity index (χ3n) is 4.83. The number of benzene rings is 3. The molecule has 0 spiro atoms. The second kappa shape index (κ2) is 8.73. The third-order valence-corrected chi connectivity index (χ3v) is 4.83. The van der Waals surface area contributed by atoms with E-state index in [4.69, 9.17) is 10.5 Å². The lowest BCUT2D eigenvalue weighted by atomic mass is 10.1. The summed E-state index contributed by atoms with van der Waals surface area (Å²) in [5.41, 5.74) is 9.77. The highest BCUT2D eigenvalue weighted by atomic mass is 16.5. The van der Waals surface area contributed by atoms with Gasteiger partial charge in [-0.05, 0) is 49.4 Å². The lowest BCUT2D eigenvalue weighted by Gasteiger charge is -2.07. The van der Waals surface area contributed by atoms with Gasteiger partial charge in [-0.25, -0.2) is 9.78 Å². The maximum Gasteiger partial charge on any atom is 0.338 e. The van der Waals surface area contributed by atoms with E-state index in [9.17, 15) is 14.4 Å². The predicted molar refractivity (Wildman–Crippen MR) is 120 cm³/mol. The van der Waals surface area contributed by atoms with Crippen LogP contribution in [0.1, 0.15) is 26.3 Å². The Hall–Kier alpha value is -4.46. The number of fused-ring (bicyclic) bond motifs is 1. The van der Waals surface area contributed by atoms with Crippen molar-refractivity contribution in [2.45, 2.75) is 6.92 Å². The zero-order chi connectivity index (χ0) is 22.7. The molecule has 0 aliphatic heterocycles. The summed E-state index contributed by atoms with van der Waals surface area (Å²) >= 11 is 0. The average Bonchev–Trinajstić information content (AvgIpc) is 3.21. The second-order valence-electron chi connectivity index (χ2n) is 7.25. The van der Waals surface area contributed by atoms with Crippen molar-refractivity contribution in [2.24, 2.45) is 5.73 Å². The van der Waals surface area contributed by atoms with E-state index in [0.29, 0.717) is 33.7 Å². The lowest BCUT2D eigenvalue weighted by Crippen LogP contribution is -2.21. The maximum absolute atomic E-state index is 12.4. The van der Waals surface area contributed by atoms with Crippen LogP contribution < -0.4 is 11.1 Å². The van der Waals surface area contributed by atoms with E-state index in [2.05, 4.69) is 15.3 Å². The first-order valence-corrected chi connectivity index (χ1v) is 9.83. The van der Waals surface area contributed by atoms with Crippen LogP contribution in [0.4, 0.5) is 5.69 Å². The largest absolute Gasteiger partial charge is 0.452 e. The smallest absolute Gasteiger partial charge is 0.338 e. The average molecular weight is 428 g/mol. The number of hydrogen-bond donors (Lipinski definition) is 3. The van der Waals surface area contributed by atoms with E-state index in [0.717, 1.165) is 11.1 Å². The summed E-state index contributed by atoms with van der Waals surface area (Å²) in [7, 11) is 0. The molecule has 8 nitrogen and oxygen atoms in total. The van der Waals surface area contributed by atoms with Crippen LogP contribution in [-0.2, 0) is 9.53 Å². The minimum atomic E-state index is -0.627. The van der Waals surface area contributed by atoms with Gasteiger partial charge in [-0.3, -0.25) is 9.59 Å². The topological polar surface area (TPSA) is 127 Å². The number of nitrogens with one attached hydrogen (secondary N) is 2. The molecule has 2 amide bonds. The van der Waals surface area contributed by atoms with Gasteiger partial charge in [-0.15, -0.1) is 0 Å². The van der Waals surface area contributed by atoms with Gasteiger partial charge in [0.25, 0.3) is 5.91 Å². The van der Waals surface area contributed by atoms with E-state index >= 15 is 0 Å². The minimum Gasteiger partial charge on any atom is -0.452 e. The summed E-state index contributed by atoms with van der Waals surface area (Å²) in [5, 5.41) is 2.59. The Kier molecular flexibility index (Phi) is 5.67. The Morgan fingerprint density at radius 2 is 1.66 bits per heavy atom. The Bertz CT molecular complexity index is 1310. The first kappa shape index (κ1) is 20.8. The Balaban J connectivity index is 1.39. The Labute approximate surface area is 183 Å². The molecule has 4 rings (SSSR count). The number of esters is 1. The number of hydrogen-bond acceptors (Lipinski definition) is 5. The molecular formula is C24H20N4O4. The van der Waals surface area contributed by atoms with Crippen LogP contribution in [0.2, 0.25) is 0 Å². The lowest BCUT2D eigenvalue weighted by molar-refractivity contribution is -0.119. The summed E-state index contributed by atoms with van der Waals surface area (Å²) in [6.07, 6.45) is 0. The van der Waals surface area contributed by atoms with Gasteiger partial charge in [0.15, 0.2) is 6.61 Å². The number of rotatable bonds is 6. The molecule has 0 atom stereocenters. The number of carbonyl (C=O) groups excluding carboxylic acids is 3. The van der Waals surface area contributed by atoms with Gasteiger partial charge in [0.2, 0.25) is 5.91 Å². The number of aromatic nitrogens is 2. The minimum absolute atomic E-state index is 0.301. The summed E-state index contributed by atoms with van der Waals surface area (Å²) in [4.78, 5) is 43.3. The third kappa shape index (κ3) is 4.65.